The molecule has 11 heteroatoms. The van der Waals surface area contributed by atoms with E-state index < -0.39 is 28.9 Å². The molecular weight excluding hydrogens is 447 g/mol. The van der Waals surface area contributed by atoms with E-state index in [2.05, 4.69) is 10.3 Å². The first-order valence-corrected chi connectivity index (χ1v) is 10.3. The highest BCUT2D eigenvalue weighted by molar-refractivity contribution is 8.01. The third kappa shape index (κ3) is 4.62. The number of aromatic nitrogens is 2. The van der Waals surface area contributed by atoms with Gasteiger partial charge < -0.3 is 10.1 Å². The topological polar surface area (TPSA) is 89.8 Å². The van der Waals surface area contributed by atoms with Crippen LogP contribution in [0.5, 0.6) is 0 Å². The van der Waals surface area contributed by atoms with Crippen LogP contribution in [0.1, 0.15) is 23.2 Å². The fourth-order valence-corrected chi connectivity index (χ4v) is 4.23. The molecule has 3 heterocycles. The zero-order valence-corrected chi connectivity index (χ0v) is 17.4. The number of rotatable bonds is 4. The van der Waals surface area contributed by atoms with Crippen LogP contribution in [-0.4, -0.2) is 26.5 Å². The van der Waals surface area contributed by atoms with Gasteiger partial charge in [0.1, 0.15) is 12.3 Å². The molecule has 32 heavy (non-hydrogen) atoms. The lowest BCUT2D eigenvalue weighted by molar-refractivity contribution is -0.145. The number of esters is 1. The molecule has 1 aliphatic heterocycles. The van der Waals surface area contributed by atoms with Crippen molar-refractivity contribution in [3.8, 4) is 0 Å². The number of nitrogens with one attached hydrogen (secondary N) is 1. The van der Waals surface area contributed by atoms with Crippen LogP contribution < -0.4 is 10.9 Å². The van der Waals surface area contributed by atoms with Crippen LogP contribution in [0, 0.1) is 6.92 Å². The standard InChI is InChI=1S/C21H16F3N3O4S/c1-11-4-5-27-17(6-11)25-13(8-18(27)28)10-31-19(29)9-16-20(30)26-14-7-12(21(22,23)24)2-3-15(14)32-16/h2-8,16H,9-10H2,1H3,(H,26,30). The molecule has 2 aromatic heterocycles. The molecule has 0 radical (unpaired) electrons. The highest BCUT2D eigenvalue weighted by Crippen LogP contribution is 2.40. The Labute approximate surface area is 183 Å². The molecule has 0 spiro atoms. The van der Waals surface area contributed by atoms with Crippen molar-refractivity contribution in [1.29, 1.82) is 0 Å². The summed E-state index contributed by atoms with van der Waals surface area (Å²) < 4.78 is 45.1. The van der Waals surface area contributed by atoms with Crippen molar-refractivity contribution >= 4 is 35.0 Å². The summed E-state index contributed by atoms with van der Waals surface area (Å²) in [4.78, 5) is 41.4. The Bertz CT molecular complexity index is 1290. The minimum atomic E-state index is -4.52. The van der Waals surface area contributed by atoms with E-state index in [9.17, 15) is 27.6 Å². The molecular formula is C21H16F3N3O4S. The van der Waals surface area contributed by atoms with Crippen LogP contribution >= 0.6 is 11.8 Å². The number of anilines is 1. The second kappa shape index (κ2) is 8.30. The van der Waals surface area contributed by atoms with Gasteiger partial charge in [-0.1, -0.05) is 0 Å². The number of amides is 1. The van der Waals surface area contributed by atoms with E-state index in [-0.39, 0.29) is 30.0 Å². The zero-order chi connectivity index (χ0) is 23.0. The molecule has 1 unspecified atom stereocenters. The Balaban J connectivity index is 1.41. The second-order valence-electron chi connectivity index (χ2n) is 7.19. The monoisotopic (exact) mass is 463 g/mol. The van der Waals surface area contributed by atoms with Crippen molar-refractivity contribution in [3.05, 3.63) is 69.8 Å². The largest absolute Gasteiger partial charge is 0.459 e. The van der Waals surface area contributed by atoms with E-state index >= 15 is 0 Å². The van der Waals surface area contributed by atoms with E-state index in [1.807, 2.05) is 6.92 Å². The third-order valence-corrected chi connectivity index (χ3v) is 6.01. The minimum Gasteiger partial charge on any atom is -0.459 e. The number of carbonyl (C=O) groups excluding carboxylic acids is 2. The van der Waals surface area contributed by atoms with Gasteiger partial charge >= 0.3 is 12.1 Å². The Morgan fingerprint density at radius 3 is 2.75 bits per heavy atom. The number of hydrogen-bond donors (Lipinski definition) is 1. The van der Waals surface area contributed by atoms with Gasteiger partial charge in [-0.2, -0.15) is 13.2 Å². The minimum absolute atomic E-state index is 0.0515. The number of fused-ring (bicyclic) bond motifs is 2. The molecule has 1 aliphatic rings. The lowest BCUT2D eigenvalue weighted by Crippen LogP contribution is -2.31. The van der Waals surface area contributed by atoms with Gasteiger partial charge in [-0.05, 0) is 42.8 Å². The Morgan fingerprint density at radius 2 is 2.00 bits per heavy atom. The Hall–Kier alpha value is -3.34. The number of alkyl halides is 3. The van der Waals surface area contributed by atoms with Gasteiger partial charge in [0.05, 0.1) is 28.6 Å². The number of pyridine rings is 1. The summed E-state index contributed by atoms with van der Waals surface area (Å²) in [7, 11) is 0. The van der Waals surface area contributed by atoms with Crippen LogP contribution in [0.15, 0.2) is 52.3 Å². The SMILES string of the molecule is Cc1ccn2c(=O)cc(COC(=O)CC3Sc4ccc(C(F)(F)F)cc4NC3=O)nc2c1. The summed E-state index contributed by atoms with van der Waals surface area (Å²) in [5.74, 6) is -1.28. The number of benzene rings is 1. The molecule has 0 aliphatic carbocycles. The number of ether oxygens (including phenoxy) is 1. The quantitative estimate of drug-likeness (QED) is 0.595. The molecule has 1 aromatic carbocycles. The molecule has 4 rings (SSSR count). The normalized spacial score (nSPS) is 15.9. The summed E-state index contributed by atoms with van der Waals surface area (Å²) in [5, 5.41) is 1.55. The number of aryl methyl sites for hydroxylation is 1. The molecule has 1 N–H and O–H groups in total. The van der Waals surface area contributed by atoms with Crippen LogP contribution in [0.4, 0.5) is 18.9 Å². The fraction of sp³-hybridized carbons (Fsp3) is 0.238. The Morgan fingerprint density at radius 1 is 1.22 bits per heavy atom. The number of thioether (sulfide) groups is 1. The van der Waals surface area contributed by atoms with Crippen LogP contribution in [0.25, 0.3) is 5.65 Å². The fourth-order valence-electron chi connectivity index (χ4n) is 3.15. The average molecular weight is 463 g/mol. The molecule has 0 fully saturated rings. The van der Waals surface area contributed by atoms with Gasteiger partial charge in [0.15, 0.2) is 0 Å². The van der Waals surface area contributed by atoms with Crippen LogP contribution in [0.2, 0.25) is 0 Å². The van der Waals surface area contributed by atoms with Crippen molar-refractivity contribution in [2.24, 2.45) is 0 Å². The van der Waals surface area contributed by atoms with Crippen molar-refractivity contribution < 1.29 is 27.5 Å². The highest BCUT2D eigenvalue weighted by Gasteiger charge is 2.34. The van der Waals surface area contributed by atoms with E-state index in [1.54, 1.807) is 18.3 Å². The smallest absolute Gasteiger partial charge is 0.416 e. The second-order valence-corrected chi connectivity index (χ2v) is 8.43. The van der Waals surface area contributed by atoms with Gasteiger partial charge in [-0.3, -0.25) is 18.8 Å². The zero-order valence-electron chi connectivity index (χ0n) is 16.6. The maximum absolute atomic E-state index is 12.9. The summed E-state index contributed by atoms with van der Waals surface area (Å²) >= 11 is 0.991. The third-order valence-electron chi connectivity index (χ3n) is 4.74. The number of carbonyl (C=O) groups is 2. The van der Waals surface area contributed by atoms with Gasteiger partial charge in [-0.15, -0.1) is 11.8 Å². The first-order valence-electron chi connectivity index (χ1n) is 9.43. The molecule has 7 nitrogen and oxygen atoms in total. The van der Waals surface area contributed by atoms with E-state index in [0.717, 1.165) is 29.5 Å². The summed E-state index contributed by atoms with van der Waals surface area (Å²) in [6.45, 7) is 1.61. The lowest BCUT2D eigenvalue weighted by Gasteiger charge is -2.24. The van der Waals surface area contributed by atoms with Crippen molar-refractivity contribution in [1.82, 2.24) is 9.38 Å². The van der Waals surface area contributed by atoms with Gasteiger partial charge in [-0.25, -0.2) is 4.98 Å². The molecule has 166 valence electrons. The summed E-state index contributed by atoms with van der Waals surface area (Å²) in [6.07, 6.45) is -3.21. The van der Waals surface area contributed by atoms with Gasteiger partial charge in [0.2, 0.25) is 5.91 Å². The van der Waals surface area contributed by atoms with Crippen molar-refractivity contribution in [2.75, 3.05) is 5.32 Å². The summed E-state index contributed by atoms with van der Waals surface area (Å²) in [6, 6.07) is 7.79. The van der Waals surface area contributed by atoms with Crippen molar-refractivity contribution in [3.63, 3.8) is 0 Å². The Kier molecular flexibility index (Phi) is 5.68. The molecule has 1 amide bonds. The molecule has 0 saturated heterocycles. The number of hydrogen-bond acceptors (Lipinski definition) is 6. The lowest BCUT2D eigenvalue weighted by atomic mass is 10.1. The predicted octanol–water partition coefficient (Wildman–Crippen LogP) is 3.57. The van der Waals surface area contributed by atoms with Gasteiger partial charge in [0.25, 0.3) is 5.56 Å². The molecule has 3 aromatic rings. The average Bonchev–Trinajstić information content (AvgIpc) is 2.71. The maximum atomic E-state index is 12.9. The van der Waals surface area contributed by atoms with Gasteiger partial charge in [0, 0.05) is 17.2 Å². The van der Waals surface area contributed by atoms with Crippen molar-refractivity contribution in [2.45, 2.75) is 36.3 Å². The first kappa shape index (κ1) is 21.9. The molecule has 1 atom stereocenters. The predicted molar refractivity (Wildman–Crippen MR) is 110 cm³/mol. The van der Waals surface area contributed by atoms with Crippen LogP contribution in [-0.2, 0) is 27.1 Å². The molecule has 0 saturated carbocycles. The first-order chi connectivity index (χ1) is 15.1. The number of halogens is 3. The van der Waals surface area contributed by atoms with E-state index in [4.69, 9.17) is 4.74 Å². The van der Waals surface area contributed by atoms with E-state index in [1.165, 1.54) is 16.5 Å². The van der Waals surface area contributed by atoms with Crippen LogP contribution in [0.3, 0.4) is 0 Å². The maximum Gasteiger partial charge on any atom is 0.416 e. The molecule has 0 bridgehead atoms. The summed E-state index contributed by atoms with van der Waals surface area (Å²) in [5.41, 5.74) is 0.451. The number of nitrogens with zero attached hydrogens (tertiary/aromatic N) is 2. The highest BCUT2D eigenvalue weighted by atomic mass is 32.2. The van der Waals surface area contributed by atoms with E-state index in [0.29, 0.717) is 10.5 Å².